The lowest BCUT2D eigenvalue weighted by atomic mass is 9.89. The molecule has 0 amide bonds. The van der Waals surface area contributed by atoms with Gasteiger partial charge in [0.15, 0.2) is 0 Å². The summed E-state index contributed by atoms with van der Waals surface area (Å²) in [6.07, 6.45) is 4.59. The third kappa shape index (κ3) is 3.11. The summed E-state index contributed by atoms with van der Waals surface area (Å²) in [5, 5.41) is 3.37. The van der Waals surface area contributed by atoms with Crippen molar-refractivity contribution in [2.45, 2.75) is 44.8 Å². The third-order valence-corrected chi connectivity index (χ3v) is 4.24. The fraction of sp³-hybridized carbons (Fsp3) is 0.733. The number of nitrogens with zero attached hydrogens (tertiary/aromatic N) is 2. The Morgan fingerprint density at radius 3 is 2.86 bits per heavy atom. The van der Waals surface area contributed by atoms with Crippen molar-refractivity contribution in [3.8, 4) is 11.8 Å². The molecule has 0 saturated carbocycles. The van der Waals surface area contributed by atoms with Gasteiger partial charge in [-0.15, -0.1) is 0 Å². The monoisotopic (exact) mass is 293 g/mol. The van der Waals surface area contributed by atoms with Gasteiger partial charge in [0, 0.05) is 6.42 Å². The fourth-order valence-corrected chi connectivity index (χ4v) is 3.09. The molecular weight excluding hydrogens is 270 g/mol. The van der Waals surface area contributed by atoms with E-state index in [2.05, 4.69) is 15.3 Å². The molecule has 1 atom stereocenters. The topological polar surface area (TPSA) is 65.5 Å². The summed E-state index contributed by atoms with van der Waals surface area (Å²) in [5.41, 5.74) is 0.852. The molecule has 1 aromatic rings. The zero-order valence-electron chi connectivity index (χ0n) is 12.7. The molecule has 2 fully saturated rings. The Labute approximate surface area is 125 Å². The Balaban J connectivity index is 1.66. The number of aromatic nitrogens is 2. The first-order valence-electron chi connectivity index (χ1n) is 7.68. The highest BCUT2D eigenvalue weighted by Crippen LogP contribution is 2.36. The van der Waals surface area contributed by atoms with E-state index in [-0.39, 0.29) is 11.7 Å². The SMILES string of the molecule is CCOc1ncnc(OC2COC3(CCNCC3)C2)c1C. The zero-order chi connectivity index (χ0) is 14.7. The van der Waals surface area contributed by atoms with Crippen molar-refractivity contribution in [1.29, 1.82) is 0 Å². The molecule has 21 heavy (non-hydrogen) atoms. The van der Waals surface area contributed by atoms with Gasteiger partial charge in [0.2, 0.25) is 11.8 Å². The summed E-state index contributed by atoms with van der Waals surface area (Å²) < 4.78 is 17.6. The molecule has 6 heteroatoms. The van der Waals surface area contributed by atoms with Crippen LogP contribution in [-0.4, -0.2) is 48.0 Å². The minimum Gasteiger partial charge on any atom is -0.478 e. The van der Waals surface area contributed by atoms with Crippen LogP contribution in [0.5, 0.6) is 11.8 Å². The molecule has 1 aromatic heterocycles. The molecule has 2 aliphatic heterocycles. The lowest BCUT2D eigenvalue weighted by Crippen LogP contribution is -2.41. The van der Waals surface area contributed by atoms with Gasteiger partial charge in [-0.3, -0.25) is 0 Å². The Morgan fingerprint density at radius 1 is 1.33 bits per heavy atom. The Bertz CT molecular complexity index is 489. The smallest absolute Gasteiger partial charge is 0.223 e. The van der Waals surface area contributed by atoms with E-state index in [1.807, 2.05) is 13.8 Å². The number of hydrogen-bond donors (Lipinski definition) is 1. The van der Waals surface area contributed by atoms with Crippen molar-refractivity contribution in [2.75, 3.05) is 26.3 Å². The first kappa shape index (κ1) is 14.5. The molecule has 2 saturated heterocycles. The van der Waals surface area contributed by atoms with Gasteiger partial charge in [0.25, 0.3) is 0 Å². The van der Waals surface area contributed by atoms with Crippen molar-refractivity contribution in [3.63, 3.8) is 0 Å². The van der Waals surface area contributed by atoms with E-state index in [9.17, 15) is 0 Å². The summed E-state index contributed by atoms with van der Waals surface area (Å²) in [6, 6.07) is 0. The van der Waals surface area contributed by atoms with E-state index in [1.54, 1.807) is 0 Å². The molecule has 3 rings (SSSR count). The van der Waals surface area contributed by atoms with Crippen LogP contribution in [0.25, 0.3) is 0 Å². The van der Waals surface area contributed by atoms with Crippen molar-refractivity contribution in [3.05, 3.63) is 11.9 Å². The quantitative estimate of drug-likeness (QED) is 0.907. The maximum Gasteiger partial charge on any atom is 0.223 e. The highest BCUT2D eigenvalue weighted by Gasteiger charge is 2.42. The summed E-state index contributed by atoms with van der Waals surface area (Å²) in [6.45, 7) is 7.12. The van der Waals surface area contributed by atoms with E-state index in [1.165, 1.54) is 6.33 Å². The predicted octanol–water partition coefficient (Wildman–Crippen LogP) is 1.47. The fourth-order valence-electron chi connectivity index (χ4n) is 3.09. The maximum atomic E-state index is 6.04. The van der Waals surface area contributed by atoms with Crippen molar-refractivity contribution in [2.24, 2.45) is 0 Å². The molecule has 1 spiro atoms. The van der Waals surface area contributed by atoms with Crippen LogP contribution in [0.15, 0.2) is 6.33 Å². The number of piperidine rings is 1. The molecule has 3 heterocycles. The van der Waals surface area contributed by atoms with Crippen LogP contribution < -0.4 is 14.8 Å². The molecule has 1 unspecified atom stereocenters. The normalized spacial score (nSPS) is 24.2. The van der Waals surface area contributed by atoms with Crippen LogP contribution in [0.1, 0.15) is 31.7 Å². The molecule has 6 nitrogen and oxygen atoms in total. The second-order valence-electron chi connectivity index (χ2n) is 5.73. The molecular formula is C15H23N3O3. The van der Waals surface area contributed by atoms with E-state index < -0.39 is 0 Å². The minimum atomic E-state index is -0.000397. The molecule has 0 aliphatic carbocycles. The number of ether oxygens (including phenoxy) is 3. The maximum absolute atomic E-state index is 6.04. The van der Waals surface area contributed by atoms with Crippen LogP contribution in [0, 0.1) is 6.92 Å². The van der Waals surface area contributed by atoms with E-state index >= 15 is 0 Å². The van der Waals surface area contributed by atoms with Crippen LogP contribution in [0.3, 0.4) is 0 Å². The zero-order valence-corrected chi connectivity index (χ0v) is 12.7. The summed E-state index contributed by atoms with van der Waals surface area (Å²) in [4.78, 5) is 8.37. The number of hydrogen-bond acceptors (Lipinski definition) is 6. The van der Waals surface area contributed by atoms with Gasteiger partial charge >= 0.3 is 0 Å². The van der Waals surface area contributed by atoms with Crippen molar-refractivity contribution >= 4 is 0 Å². The average molecular weight is 293 g/mol. The van der Waals surface area contributed by atoms with Gasteiger partial charge in [-0.25, -0.2) is 9.97 Å². The Kier molecular flexibility index (Phi) is 4.26. The van der Waals surface area contributed by atoms with E-state index in [4.69, 9.17) is 14.2 Å². The minimum absolute atomic E-state index is 0.000397. The first-order valence-corrected chi connectivity index (χ1v) is 7.68. The molecule has 116 valence electrons. The molecule has 0 bridgehead atoms. The van der Waals surface area contributed by atoms with E-state index in [0.29, 0.717) is 25.0 Å². The van der Waals surface area contributed by atoms with Gasteiger partial charge < -0.3 is 19.5 Å². The lowest BCUT2D eigenvalue weighted by molar-refractivity contribution is -0.0206. The second-order valence-corrected chi connectivity index (χ2v) is 5.73. The second kappa shape index (κ2) is 6.15. The molecule has 1 N–H and O–H groups in total. The highest BCUT2D eigenvalue weighted by atomic mass is 16.6. The third-order valence-electron chi connectivity index (χ3n) is 4.24. The molecule has 2 aliphatic rings. The average Bonchev–Trinajstić information content (AvgIpc) is 2.87. The summed E-state index contributed by atoms with van der Waals surface area (Å²) >= 11 is 0. The van der Waals surface area contributed by atoms with Gasteiger partial charge in [-0.05, 0) is 39.8 Å². The van der Waals surface area contributed by atoms with Crippen LogP contribution in [0.2, 0.25) is 0 Å². The van der Waals surface area contributed by atoms with Crippen LogP contribution in [-0.2, 0) is 4.74 Å². The first-order chi connectivity index (χ1) is 10.2. The Morgan fingerprint density at radius 2 is 2.10 bits per heavy atom. The van der Waals surface area contributed by atoms with Gasteiger partial charge in [0.05, 0.1) is 24.4 Å². The number of nitrogens with one attached hydrogen (secondary N) is 1. The number of rotatable bonds is 4. The van der Waals surface area contributed by atoms with Crippen LogP contribution >= 0.6 is 0 Å². The largest absolute Gasteiger partial charge is 0.478 e. The van der Waals surface area contributed by atoms with E-state index in [0.717, 1.165) is 37.9 Å². The van der Waals surface area contributed by atoms with Gasteiger partial charge in [-0.2, -0.15) is 0 Å². The van der Waals surface area contributed by atoms with Crippen LogP contribution in [0.4, 0.5) is 0 Å². The van der Waals surface area contributed by atoms with Gasteiger partial charge in [-0.1, -0.05) is 0 Å². The summed E-state index contributed by atoms with van der Waals surface area (Å²) in [5.74, 6) is 1.20. The highest BCUT2D eigenvalue weighted by molar-refractivity contribution is 5.32. The standard InChI is InChI=1S/C15H23N3O3/c1-3-19-13-11(2)14(18-10-17-13)21-12-8-15(20-9-12)4-6-16-7-5-15/h10,12,16H,3-9H2,1-2H3. The predicted molar refractivity (Wildman–Crippen MR) is 77.8 cm³/mol. The summed E-state index contributed by atoms with van der Waals surface area (Å²) in [7, 11) is 0. The Hall–Kier alpha value is -1.40. The molecule has 0 radical (unpaired) electrons. The lowest BCUT2D eigenvalue weighted by Gasteiger charge is -2.32. The van der Waals surface area contributed by atoms with Crippen molar-refractivity contribution < 1.29 is 14.2 Å². The van der Waals surface area contributed by atoms with Gasteiger partial charge in [0.1, 0.15) is 12.4 Å². The molecule has 0 aromatic carbocycles. The van der Waals surface area contributed by atoms with Crippen molar-refractivity contribution in [1.82, 2.24) is 15.3 Å².